The number of benzene rings is 1. The van der Waals surface area contributed by atoms with Crippen LogP contribution in [0.3, 0.4) is 0 Å². The maximum absolute atomic E-state index is 12.9. The second-order valence-electron chi connectivity index (χ2n) is 10.5. The van der Waals surface area contributed by atoms with Gasteiger partial charge < -0.3 is 19.2 Å². The van der Waals surface area contributed by atoms with Crippen LogP contribution in [0.4, 0.5) is 4.79 Å². The molecule has 0 bridgehead atoms. The Morgan fingerprint density at radius 2 is 1.85 bits per heavy atom. The third kappa shape index (κ3) is 8.79. The first-order valence-corrected chi connectivity index (χ1v) is 13.6. The molecule has 41 heavy (non-hydrogen) atoms. The zero-order valence-corrected chi connectivity index (χ0v) is 24.2. The summed E-state index contributed by atoms with van der Waals surface area (Å²) < 4.78 is 16.0. The number of rotatable bonds is 12. The molecule has 0 atom stereocenters. The van der Waals surface area contributed by atoms with Crippen molar-refractivity contribution in [1.82, 2.24) is 9.88 Å². The lowest BCUT2D eigenvalue weighted by Crippen LogP contribution is -2.34. The van der Waals surface area contributed by atoms with Crippen LogP contribution in [-0.2, 0) is 43.2 Å². The van der Waals surface area contributed by atoms with Crippen molar-refractivity contribution in [1.29, 1.82) is 0 Å². The summed E-state index contributed by atoms with van der Waals surface area (Å²) >= 11 is 0. The summed E-state index contributed by atoms with van der Waals surface area (Å²) in [5, 5.41) is 0. The molecule has 2 aromatic rings. The minimum absolute atomic E-state index is 0.0768. The van der Waals surface area contributed by atoms with E-state index in [1.165, 1.54) is 6.08 Å². The van der Waals surface area contributed by atoms with E-state index in [0.717, 1.165) is 21.6 Å². The molecule has 1 aliphatic heterocycles. The van der Waals surface area contributed by atoms with Gasteiger partial charge in [0.1, 0.15) is 24.5 Å². The van der Waals surface area contributed by atoms with Gasteiger partial charge in [0.05, 0.1) is 6.54 Å². The Morgan fingerprint density at radius 3 is 2.51 bits per heavy atom. The summed E-state index contributed by atoms with van der Waals surface area (Å²) in [4.78, 5) is 54.7. The van der Waals surface area contributed by atoms with Crippen molar-refractivity contribution >= 4 is 23.9 Å². The number of imide groups is 1. The van der Waals surface area contributed by atoms with E-state index in [1.807, 2.05) is 49.4 Å². The van der Waals surface area contributed by atoms with E-state index in [-0.39, 0.29) is 44.2 Å². The van der Waals surface area contributed by atoms with Gasteiger partial charge in [-0.25, -0.2) is 14.5 Å². The number of aromatic nitrogens is 1. The SMILES string of the molecule is C=CCOC(=O)CCc1c(C/C=C/C2=C(CC)C(=O)N(C(=O)OCc3ccccc3)C2)c[nH]c1C(=O)OC(C)(C)C. The highest BCUT2D eigenvalue weighted by Crippen LogP contribution is 2.25. The fourth-order valence-electron chi connectivity index (χ4n) is 4.37. The van der Waals surface area contributed by atoms with Gasteiger partial charge in [-0.2, -0.15) is 0 Å². The second-order valence-corrected chi connectivity index (χ2v) is 10.5. The molecule has 0 spiro atoms. The highest BCUT2D eigenvalue weighted by molar-refractivity contribution is 6.06. The van der Waals surface area contributed by atoms with Gasteiger partial charge in [-0.15, -0.1) is 0 Å². The zero-order valence-electron chi connectivity index (χ0n) is 24.2. The van der Waals surface area contributed by atoms with Crippen molar-refractivity contribution in [3.8, 4) is 0 Å². The number of esters is 2. The van der Waals surface area contributed by atoms with Crippen LogP contribution in [0.5, 0.6) is 0 Å². The Hall–Kier alpha value is -4.40. The standard InChI is InChI=1S/C32H38N2O7/c1-6-18-39-27(35)17-16-26-23(19-33-28(26)30(37)41-32(3,4)5)14-11-15-24-20-34(29(36)25(24)7-2)31(38)40-21-22-12-9-8-10-13-22/h6,8-13,15,19,33H,1,7,14,16-18,20-21H2,2-5H3/b15-11+. The number of H-pyrrole nitrogens is 1. The second kappa shape index (κ2) is 14.3. The summed E-state index contributed by atoms with van der Waals surface area (Å²) in [5.41, 5.74) is 3.18. The Labute approximate surface area is 240 Å². The Morgan fingerprint density at radius 1 is 1.12 bits per heavy atom. The number of hydrogen-bond acceptors (Lipinski definition) is 7. The number of carbonyl (C=O) groups is 4. The van der Waals surface area contributed by atoms with Crippen molar-refractivity contribution in [2.75, 3.05) is 13.2 Å². The minimum Gasteiger partial charge on any atom is -0.461 e. The zero-order chi connectivity index (χ0) is 30.0. The maximum Gasteiger partial charge on any atom is 0.417 e. The van der Waals surface area contributed by atoms with Crippen LogP contribution in [0.15, 0.2) is 72.5 Å². The van der Waals surface area contributed by atoms with Crippen LogP contribution in [0, 0.1) is 0 Å². The smallest absolute Gasteiger partial charge is 0.417 e. The van der Waals surface area contributed by atoms with Crippen LogP contribution in [-0.4, -0.2) is 52.6 Å². The third-order valence-electron chi connectivity index (χ3n) is 6.28. The average Bonchev–Trinajstić information content (AvgIpc) is 3.49. The van der Waals surface area contributed by atoms with Crippen LogP contribution < -0.4 is 0 Å². The lowest BCUT2D eigenvalue weighted by molar-refractivity contribution is -0.142. The molecule has 2 amide bonds. The predicted molar refractivity (Wildman–Crippen MR) is 154 cm³/mol. The highest BCUT2D eigenvalue weighted by atomic mass is 16.6. The van der Waals surface area contributed by atoms with Crippen LogP contribution in [0.25, 0.3) is 0 Å². The van der Waals surface area contributed by atoms with E-state index in [0.29, 0.717) is 24.0 Å². The largest absolute Gasteiger partial charge is 0.461 e. The first-order chi connectivity index (χ1) is 19.5. The number of allylic oxidation sites excluding steroid dienone is 1. The molecule has 1 aromatic carbocycles. The van der Waals surface area contributed by atoms with Gasteiger partial charge in [0.25, 0.3) is 5.91 Å². The molecule has 2 heterocycles. The molecule has 9 nitrogen and oxygen atoms in total. The fraction of sp³-hybridized carbons (Fsp3) is 0.375. The number of nitrogens with zero attached hydrogens (tertiary/aromatic N) is 1. The van der Waals surface area contributed by atoms with E-state index < -0.39 is 23.6 Å². The summed E-state index contributed by atoms with van der Waals surface area (Å²) in [6.07, 6.45) is 7.46. The quantitative estimate of drug-likeness (QED) is 0.203. The lowest BCUT2D eigenvalue weighted by atomic mass is 10.0. The van der Waals surface area contributed by atoms with E-state index in [1.54, 1.807) is 27.0 Å². The average molecular weight is 563 g/mol. The highest BCUT2D eigenvalue weighted by Gasteiger charge is 2.33. The predicted octanol–water partition coefficient (Wildman–Crippen LogP) is 5.62. The van der Waals surface area contributed by atoms with Crippen molar-refractivity contribution in [3.63, 3.8) is 0 Å². The molecule has 1 aliphatic rings. The summed E-state index contributed by atoms with van der Waals surface area (Å²) in [7, 11) is 0. The first-order valence-electron chi connectivity index (χ1n) is 13.6. The molecule has 218 valence electrons. The lowest BCUT2D eigenvalue weighted by Gasteiger charge is -2.19. The molecule has 1 aromatic heterocycles. The summed E-state index contributed by atoms with van der Waals surface area (Å²) in [5.74, 6) is -1.27. The first kappa shape index (κ1) is 31.1. The van der Waals surface area contributed by atoms with E-state index in [4.69, 9.17) is 14.2 Å². The van der Waals surface area contributed by atoms with Crippen molar-refractivity contribution in [3.05, 3.63) is 94.9 Å². The van der Waals surface area contributed by atoms with E-state index in [9.17, 15) is 19.2 Å². The molecule has 0 saturated carbocycles. The van der Waals surface area contributed by atoms with Crippen molar-refractivity contribution in [2.24, 2.45) is 0 Å². The van der Waals surface area contributed by atoms with Gasteiger partial charge in [0.2, 0.25) is 0 Å². The number of hydrogen-bond donors (Lipinski definition) is 1. The molecule has 0 fully saturated rings. The molecule has 1 N–H and O–H groups in total. The van der Waals surface area contributed by atoms with Crippen LogP contribution >= 0.6 is 0 Å². The van der Waals surface area contributed by atoms with Gasteiger partial charge >= 0.3 is 18.0 Å². The molecule has 0 aliphatic carbocycles. The number of aromatic amines is 1. The topological polar surface area (TPSA) is 115 Å². The normalized spacial score (nSPS) is 13.6. The number of ether oxygens (including phenoxy) is 3. The van der Waals surface area contributed by atoms with Crippen LogP contribution in [0.1, 0.15) is 67.7 Å². The van der Waals surface area contributed by atoms with Gasteiger partial charge in [-0.05, 0) is 62.3 Å². The molecule has 0 unspecified atom stereocenters. The minimum atomic E-state index is -0.688. The molecule has 0 saturated heterocycles. The Bertz CT molecular complexity index is 1330. The number of carbonyl (C=O) groups excluding carboxylic acids is 4. The maximum atomic E-state index is 12.9. The van der Waals surface area contributed by atoms with Crippen molar-refractivity contribution in [2.45, 2.75) is 65.6 Å². The number of amides is 2. The Balaban J connectivity index is 1.72. The Kier molecular flexibility index (Phi) is 10.9. The molecule has 9 heteroatoms. The molecule has 3 rings (SSSR count). The van der Waals surface area contributed by atoms with Gasteiger partial charge in [0.15, 0.2) is 0 Å². The van der Waals surface area contributed by atoms with Gasteiger partial charge in [0, 0.05) is 18.2 Å². The monoisotopic (exact) mass is 562 g/mol. The molecular weight excluding hydrogens is 524 g/mol. The van der Waals surface area contributed by atoms with Gasteiger partial charge in [-0.3, -0.25) is 9.59 Å². The van der Waals surface area contributed by atoms with Crippen molar-refractivity contribution < 1.29 is 33.4 Å². The summed E-state index contributed by atoms with van der Waals surface area (Å²) in [6.45, 7) is 11.1. The fourth-order valence-corrected chi connectivity index (χ4v) is 4.37. The van der Waals surface area contributed by atoms with Gasteiger partial charge in [-0.1, -0.05) is 62.1 Å². The number of nitrogens with one attached hydrogen (secondary N) is 1. The third-order valence-corrected chi connectivity index (χ3v) is 6.28. The molecular formula is C32H38N2O7. The van der Waals surface area contributed by atoms with E-state index >= 15 is 0 Å². The van der Waals surface area contributed by atoms with Crippen LogP contribution in [0.2, 0.25) is 0 Å². The summed E-state index contributed by atoms with van der Waals surface area (Å²) in [6, 6.07) is 9.27. The van der Waals surface area contributed by atoms with E-state index in [2.05, 4.69) is 11.6 Å². The molecule has 0 radical (unpaired) electrons.